The molecule has 1 atom stereocenters. The number of aliphatic hydroxyl groups excluding tert-OH is 1. The number of aliphatic hydroxyl groups is 1. The Labute approximate surface area is 109 Å². The molecule has 1 N–H and O–H groups in total. The van der Waals surface area contributed by atoms with E-state index in [4.69, 9.17) is 11.6 Å². The predicted molar refractivity (Wildman–Crippen MR) is 68.5 cm³/mol. The number of nitrogens with zero attached hydrogens (tertiary/aromatic N) is 3. The van der Waals surface area contributed by atoms with Gasteiger partial charge in [0.2, 0.25) is 0 Å². The van der Waals surface area contributed by atoms with E-state index in [0.29, 0.717) is 17.1 Å². The Morgan fingerprint density at radius 1 is 1.53 bits per heavy atom. The van der Waals surface area contributed by atoms with Crippen molar-refractivity contribution in [2.45, 2.75) is 26.4 Å². The van der Waals surface area contributed by atoms with E-state index in [-0.39, 0.29) is 0 Å². The Hall–Kier alpha value is -0.910. The third-order valence-electron chi connectivity index (χ3n) is 2.63. The van der Waals surface area contributed by atoms with Crippen molar-refractivity contribution in [2.24, 2.45) is 7.05 Å². The molecule has 0 aliphatic carbocycles. The van der Waals surface area contributed by atoms with Crippen LogP contribution in [-0.4, -0.2) is 19.9 Å². The van der Waals surface area contributed by atoms with Crippen molar-refractivity contribution < 1.29 is 5.11 Å². The molecule has 0 bridgehead atoms. The quantitative estimate of drug-likeness (QED) is 0.933. The van der Waals surface area contributed by atoms with Gasteiger partial charge in [0.15, 0.2) is 0 Å². The van der Waals surface area contributed by atoms with Crippen LogP contribution in [0.2, 0.25) is 5.02 Å². The summed E-state index contributed by atoms with van der Waals surface area (Å²) in [7, 11) is 1.83. The van der Waals surface area contributed by atoms with Gasteiger partial charge in [-0.2, -0.15) is 5.10 Å². The normalized spacial score (nSPS) is 13.0. The number of thiazole rings is 1. The molecule has 0 radical (unpaired) electrons. The summed E-state index contributed by atoms with van der Waals surface area (Å²) in [6.45, 7) is 3.77. The first-order chi connectivity index (χ1) is 7.99. The van der Waals surface area contributed by atoms with Gasteiger partial charge < -0.3 is 5.11 Å². The molecule has 0 saturated heterocycles. The summed E-state index contributed by atoms with van der Waals surface area (Å²) in [4.78, 5) is 4.27. The number of hydrogen-bond donors (Lipinski definition) is 1. The molecule has 6 heteroatoms. The van der Waals surface area contributed by atoms with E-state index in [1.54, 1.807) is 4.68 Å². The van der Waals surface area contributed by atoms with Crippen LogP contribution in [0.3, 0.4) is 0 Å². The lowest BCUT2D eigenvalue weighted by Crippen LogP contribution is -2.07. The SMILES string of the molecule is Cc1nc(C(O)Cc2c(Cl)c(C)nn2C)cs1. The standard InChI is InChI=1S/C11H14ClN3OS/c1-6-11(12)9(15(3)14-6)4-10(16)8-5-17-7(2)13-8/h5,10,16H,4H2,1-3H3. The Balaban J connectivity index is 2.21. The van der Waals surface area contributed by atoms with E-state index < -0.39 is 6.10 Å². The van der Waals surface area contributed by atoms with Crippen LogP contribution in [-0.2, 0) is 13.5 Å². The maximum Gasteiger partial charge on any atom is 0.102 e. The second-order valence-corrected chi connectivity index (χ2v) is 5.42. The van der Waals surface area contributed by atoms with Gasteiger partial charge in [-0.25, -0.2) is 4.98 Å². The summed E-state index contributed by atoms with van der Waals surface area (Å²) in [6, 6.07) is 0. The molecule has 2 aromatic rings. The van der Waals surface area contributed by atoms with Crippen LogP contribution in [0.4, 0.5) is 0 Å². The number of halogens is 1. The van der Waals surface area contributed by atoms with Crippen LogP contribution >= 0.6 is 22.9 Å². The van der Waals surface area contributed by atoms with Crippen molar-refractivity contribution in [2.75, 3.05) is 0 Å². The van der Waals surface area contributed by atoms with Gasteiger partial charge in [-0.05, 0) is 13.8 Å². The molecular weight excluding hydrogens is 258 g/mol. The van der Waals surface area contributed by atoms with Crippen LogP contribution in [0.1, 0.15) is 28.2 Å². The molecule has 0 aliphatic rings. The van der Waals surface area contributed by atoms with E-state index in [1.165, 1.54) is 11.3 Å². The molecule has 92 valence electrons. The first kappa shape index (κ1) is 12.5. The molecular formula is C11H14ClN3OS. The second kappa shape index (κ2) is 4.76. The average molecular weight is 272 g/mol. The van der Waals surface area contributed by atoms with Crippen LogP contribution in [0, 0.1) is 13.8 Å². The Bertz CT molecular complexity index is 535. The molecule has 1 unspecified atom stereocenters. The molecule has 2 aromatic heterocycles. The van der Waals surface area contributed by atoms with E-state index in [1.807, 2.05) is 26.3 Å². The second-order valence-electron chi connectivity index (χ2n) is 3.98. The zero-order valence-electron chi connectivity index (χ0n) is 9.94. The smallest absolute Gasteiger partial charge is 0.102 e. The molecule has 2 heterocycles. The zero-order valence-corrected chi connectivity index (χ0v) is 11.5. The fourth-order valence-electron chi connectivity index (χ4n) is 1.72. The zero-order chi connectivity index (χ0) is 12.6. The summed E-state index contributed by atoms with van der Waals surface area (Å²) >= 11 is 7.67. The van der Waals surface area contributed by atoms with Crippen LogP contribution in [0.15, 0.2) is 5.38 Å². The fourth-order valence-corrected chi connectivity index (χ4v) is 2.62. The van der Waals surface area contributed by atoms with Gasteiger partial charge in [-0.1, -0.05) is 11.6 Å². The highest BCUT2D eigenvalue weighted by molar-refractivity contribution is 7.09. The van der Waals surface area contributed by atoms with Gasteiger partial charge >= 0.3 is 0 Å². The van der Waals surface area contributed by atoms with E-state index in [9.17, 15) is 5.11 Å². The monoisotopic (exact) mass is 271 g/mol. The molecule has 4 nitrogen and oxygen atoms in total. The minimum Gasteiger partial charge on any atom is -0.386 e. The molecule has 0 aromatic carbocycles. The van der Waals surface area contributed by atoms with Crippen molar-refractivity contribution in [1.29, 1.82) is 0 Å². The molecule has 2 rings (SSSR count). The molecule has 0 aliphatic heterocycles. The van der Waals surface area contributed by atoms with Gasteiger partial charge in [-0.3, -0.25) is 4.68 Å². The number of hydrogen-bond acceptors (Lipinski definition) is 4. The fraction of sp³-hybridized carbons (Fsp3) is 0.455. The van der Waals surface area contributed by atoms with Crippen LogP contribution in [0.5, 0.6) is 0 Å². The third kappa shape index (κ3) is 2.51. The summed E-state index contributed by atoms with van der Waals surface area (Å²) in [5.74, 6) is 0. The first-order valence-electron chi connectivity index (χ1n) is 5.27. The lowest BCUT2D eigenvalue weighted by atomic mass is 10.1. The molecule has 0 saturated carbocycles. The van der Waals surface area contributed by atoms with Gasteiger partial charge in [0.1, 0.15) is 6.10 Å². The topological polar surface area (TPSA) is 50.9 Å². The first-order valence-corrected chi connectivity index (χ1v) is 6.53. The summed E-state index contributed by atoms with van der Waals surface area (Å²) in [5.41, 5.74) is 2.32. The number of aryl methyl sites for hydroxylation is 3. The molecule has 0 amide bonds. The maximum atomic E-state index is 10.1. The van der Waals surface area contributed by atoms with E-state index >= 15 is 0 Å². The average Bonchev–Trinajstić information content (AvgIpc) is 2.79. The van der Waals surface area contributed by atoms with Crippen molar-refractivity contribution in [3.05, 3.63) is 32.5 Å². The predicted octanol–water partition coefficient (Wildman–Crippen LogP) is 2.42. The minimum absolute atomic E-state index is 0.430. The maximum absolute atomic E-state index is 10.1. The van der Waals surface area contributed by atoms with Gasteiger partial charge in [-0.15, -0.1) is 11.3 Å². The summed E-state index contributed by atoms with van der Waals surface area (Å²) in [6.07, 6.45) is -0.202. The highest BCUT2D eigenvalue weighted by Gasteiger charge is 2.18. The Morgan fingerprint density at radius 2 is 2.24 bits per heavy atom. The highest BCUT2D eigenvalue weighted by Crippen LogP contribution is 2.26. The third-order valence-corrected chi connectivity index (χ3v) is 3.91. The Kier molecular flexibility index (Phi) is 3.51. The van der Waals surface area contributed by atoms with Gasteiger partial charge in [0, 0.05) is 18.8 Å². The largest absolute Gasteiger partial charge is 0.386 e. The minimum atomic E-state index is -0.632. The van der Waals surface area contributed by atoms with Gasteiger partial charge in [0.25, 0.3) is 0 Å². The van der Waals surface area contributed by atoms with E-state index in [2.05, 4.69) is 10.1 Å². The summed E-state index contributed by atoms with van der Waals surface area (Å²) in [5, 5.41) is 17.8. The van der Waals surface area contributed by atoms with Crippen molar-refractivity contribution in [1.82, 2.24) is 14.8 Å². The molecule has 17 heavy (non-hydrogen) atoms. The lowest BCUT2D eigenvalue weighted by Gasteiger charge is -2.08. The van der Waals surface area contributed by atoms with Crippen molar-refractivity contribution in [3.8, 4) is 0 Å². The van der Waals surface area contributed by atoms with E-state index in [0.717, 1.165) is 16.4 Å². The van der Waals surface area contributed by atoms with Crippen molar-refractivity contribution >= 4 is 22.9 Å². The molecule has 0 spiro atoms. The van der Waals surface area contributed by atoms with Crippen molar-refractivity contribution in [3.63, 3.8) is 0 Å². The Morgan fingerprint density at radius 3 is 2.71 bits per heavy atom. The number of rotatable bonds is 3. The summed E-state index contributed by atoms with van der Waals surface area (Å²) < 4.78 is 1.71. The van der Waals surface area contributed by atoms with Gasteiger partial charge in [0.05, 0.1) is 27.1 Å². The molecule has 0 fully saturated rings. The number of aromatic nitrogens is 3. The lowest BCUT2D eigenvalue weighted by molar-refractivity contribution is 0.171. The van der Waals surface area contributed by atoms with Crippen LogP contribution in [0.25, 0.3) is 0 Å². The highest BCUT2D eigenvalue weighted by atomic mass is 35.5. The van der Waals surface area contributed by atoms with Crippen LogP contribution < -0.4 is 0 Å².